The van der Waals surface area contributed by atoms with E-state index in [1.165, 1.54) is 0 Å². The molecule has 1 rings (SSSR count). The minimum Gasteiger partial charge on any atom is -0.395 e. The van der Waals surface area contributed by atoms with Crippen molar-refractivity contribution in [2.24, 2.45) is 5.73 Å². The Balaban J connectivity index is 2.50. The highest BCUT2D eigenvalue weighted by Gasteiger charge is 2.11. The first-order valence-corrected chi connectivity index (χ1v) is 4.83. The second-order valence-corrected chi connectivity index (χ2v) is 3.25. The van der Waals surface area contributed by atoms with E-state index in [4.69, 9.17) is 20.3 Å². The van der Waals surface area contributed by atoms with Gasteiger partial charge < -0.3 is 20.3 Å². The fraction of sp³-hybridized carbons (Fsp3) is 0.455. The number of nitrogens with two attached hydrogens (primary N) is 1. The van der Waals surface area contributed by atoms with Crippen LogP contribution in [0.2, 0.25) is 0 Å². The van der Waals surface area contributed by atoms with E-state index in [9.17, 15) is 0 Å². The topological polar surface area (TPSA) is 64.7 Å². The normalized spacial score (nSPS) is 14.9. The zero-order chi connectivity index (χ0) is 11.1. The number of ether oxygens (including phenoxy) is 2. The summed E-state index contributed by atoms with van der Waals surface area (Å²) in [6.45, 7) is 0.176. The van der Waals surface area contributed by atoms with Gasteiger partial charge in [0, 0.05) is 12.7 Å². The van der Waals surface area contributed by atoms with Crippen LogP contribution in [0.25, 0.3) is 0 Å². The number of aliphatic hydroxyl groups is 1. The maximum Gasteiger partial charge on any atom is 0.183 e. The third-order valence-corrected chi connectivity index (χ3v) is 1.98. The van der Waals surface area contributed by atoms with E-state index in [2.05, 4.69) is 0 Å². The van der Waals surface area contributed by atoms with Gasteiger partial charge in [-0.15, -0.1) is 0 Å². The van der Waals surface area contributed by atoms with Crippen LogP contribution in [0.15, 0.2) is 30.3 Å². The third kappa shape index (κ3) is 3.97. The molecule has 0 saturated carbocycles. The van der Waals surface area contributed by atoms with Crippen molar-refractivity contribution in [3.63, 3.8) is 0 Å². The van der Waals surface area contributed by atoms with Crippen LogP contribution < -0.4 is 5.73 Å². The molecule has 2 atom stereocenters. The molecular formula is C11H17NO3. The monoisotopic (exact) mass is 211 g/mol. The molecule has 0 fully saturated rings. The molecule has 0 spiro atoms. The van der Waals surface area contributed by atoms with Crippen LogP contribution in [0, 0.1) is 0 Å². The quantitative estimate of drug-likeness (QED) is 0.679. The summed E-state index contributed by atoms with van der Waals surface area (Å²) in [5.74, 6) is 0. The van der Waals surface area contributed by atoms with E-state index in [-0.39, 0.29) is 19.3 Å². The first kappa shape index (κ1) is 12.1. The molecule has 1 unspecified atom stereocenters. The molecule has 84 valence electrons. The Morgan fingerprint density at radius 3 is 2.53 bits per heavy atom. The highest BCUT2D eigenvalue weighted by Crippen LogP contribution is 2.17. The number of hydrogen-bond donors (Lipinski definition) is 2. The lowest BCUT2D eigenvalue weighted by atomic mass is 10.2. The fourth-order valence-electron chi connectivity index (χ4n) is 1.17. The van der Waals surface area contributed by atoms with Crippen LogP contribution >= 0.6 is 0 Å². The van der Waals surface area contributed by atoms with E-state index >= 15 is 0 Å². The van der Waals surface area contributed by atoms with Gasteiger partial charge >= 0.3 is 0 Å². The Kier molecular flexibility index (Phi) is 5.28. The molecule has 0 aliphatic heterocycles. The second kappa shape index (κ2) is 6.53. The van der Waals surface area contributed by atoms with E-state index in [1.807, 2.05) is 30.3 Å². The summed E-state index contributed by atoms with van der Waals surface area (Å²) in [6, 6.07) is 9.21. The molecule has 1 aromatic carbocycles. The van der Waals surface area contributed by atoms with Gasteiger partial charge in [0.05, 0.1) is 19.3 Å². The van der Waals surface area contributed by atoms with Gasteiger partial charge in [0.15, 0.2) is 6.29 Å². The van der Waals surface area contributed by atoms with Crippen molar-refractivity contribution in [1.82, 2.24) is 0 Å². The molecule has 0 radical (unpaired) electrons. The van der Waals surface area contributed by atoms with Gasteiger partial charge in [-0.25, -0.2) is 0 Å². The molecule has 0 aliphatic carbocycles. The molecule has 4 nitrogen and oxygen atoms in total. The van der Waals surface area contributed by atoms with Gasteiger partial charge in [-0.3, -0.25) is 0 Å². The SMILES string of the molecule is COC(OC[C@H](N)CO)c1ccccc1. The van der Waals surface area contributed by atoms with Crippen molar-refractivity contribution in [2.45, 2.75) is 12.3 Å². The highest BCUT2D eigenvalue weighted by molar-refractivity contribution is 5.15. The lowest BCUT2D eigenvalue weighted by Crippen LogP contribution is -2.31. The Morgan fingerprint density at radius 1 is 1.33 bits per heavy atom. The molecule has 0 aliphatic rings. The van der Waals surface area contributed by atoms with Crippen LogP contribution in [0.4, 0.5) is 0 Å². The maximum absolute atomic E-state index is 8.75. The first-order chi connectivity index (χ1) is 7.27. The molecule has 1 aromatic rings. The summed E-state index contributed by atoms with van der Waals surface area (Å²) in [5.41, 5.74) is 6.46. The molecule has 0 amide bonds. The average molecular weight is 211 g/mol. The number of hydrogen-bond acceptors (Lipinski definition) is 4. The van der Waals surface area contributed by atoms with Gasteiger partial charge in [-0.1, -0.05) is 30.3 Å². The number of aliphatic hydroxyl groups excluding tert-OH is 1. The number of benzene rings is 1. The molecule has 3 N–H and O–H groups in total. The Labute approximate surface area is 89.6 Å². The fourth-order valence-corrected chi connectivity index (χ4v) is 1.17. The van der Waals surface area contributed by atoms with E-state index in [1.54, 1.807) is 7.11 Å². The number of rotatable bonds is 6. The van der Waals surface area contributed by atoms with Gasteiger partial charge in [0.25, 0.3) is 0 Å². The van der Waals surface area contributed by atoms with Gasteiger partial charge in [0.2, 0.25) is 0 Å². The first-order valence-electron chi connectivity index (χ1n) is 4.83. The van der Waals surface area contributed by atoms with E-state index < -0.39 is 6.29 Å². The summed E-state index contributed by atoms with van der Waals surface area (Å²) >= 11 is 0. The van der Waals surface area contributed by atoms with Crippen molar-refractivity contribution in [3.8, 4) is 0 Å². The summed E-state index contributed by atoms with van der Waals surface area (Å²) in [4.78, 5) is 0. The summed E-state index contributed by atoms with van der Waals surface area (Å²) in [5, 5.41) is 8.75. The smallest absolute Gasteiger partial charge is 0.183 e. The zero-order valence-corrected chi connectivity index (χ0v) is 8.80. The molecule has 4 heteroatoms. The Hall–Kier alpha value is -0.940. The van der Waals surface area contributed by atoms with Crippen molar-refractivity contribution in [2.75, 3.05) is 20.3 Å². The van der Waals surface area contributed by atoms with Crippen LogP contribution in [-0.2, 0) is 9.47 Å². The Bertz CT molecular complexity index is 266. The molecule has 0 heterocycles. The van der Waals surface area contributed by atoms with Gasteiger partial charge in [0.1, 0.15) is 0 Å². The second-order valence-electron chi connectivity index (χ2n) is 3.25. The molecule has 0 aromatic heterocycles. The lowest BCUT2D eigenvalue weighted by Gasteiger charge is -2.18. The maximum atomic E-state index is 8.75. The van der Waals surface area contributed by atoms with E-state index in [0.717, 1.165) is 5.56 Å². The van der Waals surface area contributed by atoms with Crippen LogP contribution in [0.3, 0.4) is 0 Å². The average Bonchev–Trinajstić information content (AvgIpc) is 2.31. The minimum atomic E-state index is -0.427. The minimum absolute atomic E-state index is 0.0920. The van der Waals surface area contributed by atoms with E-state index in [0.29, 0.717) is 0 Å². The zero-order valence-electron chi connectivity index (χ0n) is 8.80. The molecule has 15 heavy (non-hydrogen) atoms. The van der Waals surface area contributed by atoms with Crippen LogP contribution in [-0.4, -0.2) is 31.5 Å². The highest BCUT2D eigenvalue weighted by atomic mass is 16.7. The standard InChI is InChI=1S/C11H17NO3/c1-14-11(15-8-10(12)7-13)9-5-3-2-4-6-9/h2-6,10-11,13H,7-8,12H2,1H3/t10-,11?/m1/s1. The van der Waals surface area contributed by atoms with Crippen molar-refractivity contribution >= 4 is 0 Å². The summed E-state index contributed by atoms with van der Waals surface area (Å²) < 4.78 is 10.6. The number of methoxy groups -OCH3 is 1. The largest absolute Gasteiger partial charge is 0.395 e. The van der Waals surface area contributed by atoms with Crippen molar-refractivity contribution in [1.29, 1.82) is 0 Å². The Morgan fingerprint density at radius 2 is 2.00 bits per heavy atom. The molecule has 0 bridgehead atoms. The van der Waals surface area contributed by atoms with Crippen molar-refractivity contribution in [3.05, 3.63) is 35.9 Å². The predicted molar refractivity (Wildman–Crippen MR) is 57.2 cm³/mol. The van der Waals surface area contributed by atoms with Crippen LogP contribution in [0.5, 0.6) is 0 Å². The molecular weight excluding hydrogens is 194 g/mol. The lowest BCUT2D eigenvalue weighted by molar-refractivity contribution is -0.132. The summed E-state index contributed by atoms with van der Waals surface area (Å²) in [7, 11) is 1.57. The van der Waals surface area contributed by atoms with Gasteiger partial charge in [-0.2, -0.15) is 0 Å². The summed E-state index contributed by atoms with van der Waals surface area (Å²) in [6.07, 6.45) is -0.427. The van der Waals surface area contributed by atoms with Gasteiger partial charge in [-0.05, 0) is 0 Å². The predicted octanol–water partition coefficient (Wildman–Crippen LogP) is 0.668. The van der Waals surface area contributed by atoms with Crippen LogP contribution in [0.1, 0.15) is 11.9 Å². The van der Waals surface area contributed by atoms with Crippen molar-refractivity contribution < 1.29 is 14.6 Å². The molecule has 0 saturated heterocycles. The third-order valence-electron chi connectivity index (χ3n) is 1.98.